The number of alkyl halides is 3. The lowest BCUT2D eigenvalue weighted by atomic mass is 10.6. The van der Waals surface area contributed by atoms with Gasteiger partial charge in [-0.25, -0.2) is 4.99 Å². The van der Waals surface area contributed by atoms with Crippen molar-refractivity contribution in [3.8, 4) is 0 Å². The highest BCUT2D eigenvalue weighted by Crippen LogP contribution is 2.17. The van der Waals surface area contributed by atoms with Crippen molar-refractivity contribution in [2.24, 2.45) is 10.1 Å². The number of amidine groups is 1. The van der Waals surface area contributed by atoms with Crippen LogP contribution in [0.25, 0.3) is 0 Å². The Morgan fingerprint density at radius 3 is 2.42 bits per heavy atom. The topological polar surface area (TPSA) is 34.0 Å². The molecule has 0 N–H and O–H groups in total. The van der Waals surface area contributed by atoms with Crippen molar-refractivity contribution in [2.45, 2.75) is 20.0 Å². The van der Waals surface area contributed by atoms with Crippen molar-refractivity contribution >= 4 is 12.1 Å². The normalized spacial score (nSPS) is 13.9. The molecule has 0 aliphatic rings. The maximum absolute atomic E-state index is 11.9. The fourth-order valence-corrected chi connectivity index (χ4v) is 0.396. The summed E-state index contributed by atoms with van der Waals surface area (Å²) in [4.78, 5) is 7.24. The quantitative estimate of drug-likeness (QED) is 0.365. The molecule has 0 aromatic carbocycles. The van der Waals surface area contributed by atoms with Crippen LogP contribution in [0.4, 0.5) is 13.2 Å². The van der Waals surface area contributed by atoms with Crippen molar-refractivity contribution in [3.63, 3.8) is 0 Å². The minimum Gasteiger partial charge on any atom is -0.394 e. The van der Waals surface area contributed by atoms with Crippen LogP contribution in [0, 0.1) is 0 Å². The van der Waals surface area contributed by atoms with Gasteiger partial charge in [-0.05, 0) is 13.8 Å². The van der Waals surface area contributed by atoms with Crippen LogP contribution in [0.15, 0.2) is 10.1 Å². The average molecular weight is 182 g/mol. The van der Waals surface area contributed by atoms with E-state index in [1.54, 1.807) is 0 Å². The van der Waals surface area contributed by atoms with Crippen LogP contribution >= 0.6 is 0 Å². The Balaban J connectivity index is 4.44. The van der Waals surface area contributed by atoms with Gasteiger partial charge >= 0.3 is 6.18 Å². The zero-order valence-electron chi connectivity index (χ0n) is 6.72. The molecule has 0 atom stereocenters. The molecular formula is C6H9F3N2O. The van der Waals surface area contributed by atoms with Crippen LogP contribution in [0.5, 0.6) is 0 Å². The summed E-state index contributed by atoms with van der Waals surface area (Å²) in [6, 6.07) is 0. The highest BCUT2D eigenvalue weighted by Gasteiger charge is 2.36. The zero-order chi connectivity index (χ0) is 9.61. The van der Waals surface area contributed by atoms with Crippen LogP contribution < -0.4 is 0 Å². The maximum Gasteiger partial charge on any atom is 0.454 e. The van der Waals surface area contributed by atoms with E-state index in [9.17, 15) is 13.2 Å². The molecule has 0 radical (unpaired) electrons. The van der Waals surface area contributed by atoms with Gasteiger partial charge in [-0.2, -0.15) is 13.2 Å². The molecule has 0 aromatic heterocycles. The Kier molecular flexibility index (Phi) is 4.31. The van der Waals surface area contributed by atoms with Crippen molar-refractivity contribution < 1.29 is 18.0 Å². The maximum atomic E-state index is 11.9. The minimum atomic E-state index is -4.55. The number of hydrogen-bond acceptors (Lipinski definition) is 2. The molecule has 6 heteroatoms. The Hall–Kier alpha value is -1.07. The third-order valence-electron chi connectivity index (χ3n) is 0.785. The molecule has 0 amide bonds. The van der Waals surface area contributed by atoms with Crippen LogP contribution in [-0.4, -0.2) is 24.8 Å². The summed E-state index contributed by atoms with van der Waals surface area (Å²) in [5.41, 5.74) is 0. The van der Waals surface area contributed by atoms with E-state index in [2.05, 4.69) is 15.0 Å². The molecular weight excluding hydrogens is 173 g/mol. The van der Waals surface area contributed by atoms with E-state index >= 15 is 0 Å². The van der Waals surface area contributed by atoms with E-state index in [0.717, 1.165) is 6.21 Å². The first-order valence-electron chi connectivity index (χ1n) is 3.28. The molecule has 3 nitrogen and oxygen atoms in total. The number of halogens is 3. The first-order chi connectivity index (χ1) is 5.52. The monoisotopic (exact) mass is 182 g/mol. The van der Waals surface area contributed by atoms with Gasteiger partial charge in [0.1, 0.15) is 6.61 Å². The smallest absolute Gasteiger partial charge is 0.394 e. The Labute approximate surface area is 67.9 Å². The molecule has 0 aliphatic carbocycles. The zero-order valence-corrected chi connectivity index (χ0v) is 6.72. The first-order valence-corrected chi connectivity index (χ1v) is 3.28. The van der Waals surface area contributed by atoms with E-state index < -0.39 is 12.0 Å². The van der Waals surface area contributed by atoms with Gasteiger partial charge in [0.2, 0.25) is 0 Å². The van der Waals surface area contributed by atoms with E-state index in [1.165, 1.54) is 13.8 Å². The molecule has 0 rings (SSSR count). The van der Waals surface area contributed by atoms with Gasteiger partial charge in [-0.3, -0.25) is 0 Å². The molecule has 0 fully saturated rings. The number of aliphatic imine (C=N–C) groups is 1. The molecule has 0 saturated heterocycles. The summed E-state index contributed by atoms with van der Waals surface area (Å²) in [7, 11) is 0. The van der Waals surface area contributed by atoms with Gasteiger partial charge in [0, 0.05) is 6.21 Å². The molecule has 0 aliphatic heterocycles. The second-order valence-corrected chi connectivity index (χ2v) is 1.72. The second kappa shape index (κ2) is 4.74. The average Bonchev–Trinajstić information content (AvgIpc) is 1.95. The second-order valence-electron chi connectivity index (χ2n) is 1.72. The number of rotatable bonds is 2. The van der Waals surface area contributed by atoms with Crippen molar-refractivity contribution in [1.29, 1.82) is 0 Å². The molecule has 0 spiro atoms. The molecule has 0 aromatic rings. The van der Waals surface area contributed by atoms with Gasteiger partial charge in [-0.15, -0.1) is 0 Å². The van der Waals surface area contributed by atoms with Crippen molar-refractivity contribution in [3.05, 3.63) is 0 Å². The Morgan fingerprint density at radius 1 is 1.50 bits per heavy atom. The molecule has 70 valence electrons. The number of oxime groups is 1. The number of hydrogen-bond donors (Lipinski definition) is 0. The van der Waals surface area contributed by atoms with Crippen molar-refractivity contribution in [2.75, 3.05) is 6.61 Å². The molecule has 0 saturated carbocycles. The summed E-state index contributed by atoms with van der Waals surface area (Å²) in [6.45, 7) is 2.99. The minimum absolute atomic E-state index is 0.0822. The van der Waals surface area contributed by atoms with Crippen LogP contribution in [0.3, 0.4) is 0 Å². The highest BCUT2D eigenvalue weighted by atomic mass is 19.4. The van der Waals surface area contributed by atoms with Crippen LogP contribution in [0.1, 0.15) is 13.8 Å². The molecule has 12 heavy (non-hydrogen) atoms. The summed E-state index contributed by atoms with van der Waals surface area (Å²) >= 11 is 0. The molecule has 0 unspecified atom stereocenters. The van der Waals surface area contributed by atoms with Gasteiger partial charge in [0.25, 0.3) is 5.84 Å². The first kappa shape index (κ1) is 10.9. The highest BCUT2D eigenvalue weighted by molar-refractivity contribution is 5.92. The third kappa shape index (κ3) is 3.95. The number of nitrogens with zero attached hydrogens (tertiary/aromatic N) is 2. The summed E-state index contributed by atoms with van der Waals surface area (Å²) < 4.78 is 35.7. The molecule has 0 heterocycles. The lowest BCUT2D eigenvalue weighted by molar-refractivity contribution is -0.0630. The summed E-state index contributed by atoms with van der Waals surface area (Å²) in [6.07, 6.45) is -3.55. The lowest BCUT2D eigenvalue weighted by Gasteiger charge is -2.03. The summed E-state index contributed by atoms with van der Waals surface area (Å²) in [5.74, 6) is -1.27. The standard InChI is InChI=1S/C6H9F3N2O/c1-3-10-5(6(7,8)9)11-12-4-2/h3H,4H2,1-2H3/b10-3?,11-5-. The van der Waals surface area contributed by atoms with Crippen LogP contribution in [-0.2, 0) is 4.84 Å². The van der Waals surface area contributed by atoms with E-state index in [0.29, 0.717) is 0 Å². The Morgan fingerprint density at radius 2 is 2.08 bits per heavy atom. The van der Waals surface area contributed by atoms with Gasteiger partial charge in [-0.1, -0.05) is 5.16 Å². The van der Waals surface area contributed by atoms with Crippen molar-refractivity contribution in [1.82, 2.24) is 0 Å². The lowest BCUT2D eigenvalue weighted by Crippen LogP contribution is -2.21. The third-order valence-corrected chi connectivity index (χ3v) is 0.785. The predicted octanol–water partition coefficient (Wildman–Crippen LogP) is 1.99. The summed E-state index contributed by atoms with van der Waals surface area (Å²) in [5, 5.41) is 2.80. The van der Waals surface area contributed by atoms with E-state index in [1.807, 2.05) is 0 Å². The largest absolute Gasteiger partial charge is 0.454 e. The Bertz CT molecular complexity index is 186. The molecule has 0 bridgehead atoms. The fraction of sp³-hybridized carbons (Fsp3) is 0.667. The van der Waals surface area contributed by atoms with Crippen LogP contribution in [0.2, 0.25) is 0 Å². The van der Waals surface area contributed by atoms with Gasteiger partial charge < -0.3 is 4.84 Å². The SMILES string of the molecule is CC=N/C(=N\OCC)C(F)(F)F. The van der Waals surface area contributed by atoms with E-state index in [-0.39, 0.29) is 6.61 Å². The fourth-order valence-electron chi connectivity index (χ4n) is 0.396. The van der Waals surface area contributed by atoms with Gasteiger partial charge in [0.05, 0.1) is 0 Å². The predicted molar refractivity (Wildman–Crippen MR) is 39.3 cm³/mol. The van der Waals surface area contributed by atoms with E-state index in [4.69, 9.17) is 0 Å². The van der Waals surface area contributed by atoms with Gasteiger partial charge in [0.15, 0.2) is 0 Å².